The molecule has 0 saturated carbocycles. The van der Waals surface area contributed by atoms with Crippen molar-refractivity contribution in [2.45, 2.75) is 36.8 Å². The molecule has 1 atom stereocenters. The number of hydrogen-bond acceptors (Lipinski definition) is 7. The van der Waals surface area contributed by atoms with Gasteiger partial charge in [0.2, 0.25) is 15.9 Å². The number of amides is 1. The number of sulfonamides is 1. The standard InChI is InChI=1S/C23H25N3O7S/c27-22(24-14-16-15-31-19-5-1-2-6-20(19)32-16)9-12-26-18-8-7-17(13-21(18)33-23(26)28)34(29,30)25-10-3-4-11-25/h1-2,5-8,13,16H,3-4,9-12,14-15H2,(H,24,27). The fourth-order valence-corrected chi connectivity index (χ4v) is 5.72. The van der Waals surface area contributed by atoms with Gasteiger partial charge in [0.25, 0.3) is 0 Å². The van der Waals surface area contributed by atoms with Crippen LogP contribution in [0, 0.1) is 0 Å². The maximum Gasteiger partial charge on any atom is 0.419 e. The van der Waals surface area contributed by atoms with Crippen LogP contribution >= 0.6 is 0 Å². The van der Waals surface area contributed by atoms with Crippen LogP contribution in [0.25, 0.3) is 11.1 Å². The van der Waals surface area contributed by atoms with Crippen LogP contribution in [-0.4, -0.2) is 55.5 Å². The van der Waals surface area contributed by atoms with E-state index in [0.717, 1.165) is 12.8 Å². The molecular formula is C23H25N3O7S. The molecule has 11 heteroatoms. The summed E-state index contributed by atoms with van der Waals surface area (Å²) in [5.41, 5.74) is 0.621. The number of nitrogens with zero attached hydrogens (tertiary/aromatic N) is 2. The molecule has 0 radical (unpaired) electrons. The number of para-hydroxylation sites is 2. The highest BCUT2D eigenvalue weighted by Crippen LogP contribution is 2.30. The summed E-state index contributed by atoms with van der Waals surface area (Å²) >= 11 is 0. The fraction of sp³-hybridized carbons (Fsp3) is 0.391. The lowest BCUT2D eigenvalue weighted by Gasteiger charge is -2.26. The average Bonchev–Trinajstić information content (AvgIpc) is 3.49. The number of carbonyl (C=O) groups excluding carboxylic acids is 1. The summed E-state index contributed by atoms with van der Waals surface area (Å²) in [5.74, 6) is 0.416. The monoisotopic (exact) mass is 487 g/mol. The van der Waals surface area contributed by atoms with E-state index in [1.807, 2.05) is 24.3 Å². The molecule has 1 aromatic heterocycles. The molecule has 34 heavy (non-hydrogen) atoms. The van der Waals surface area contributed by atoms with E-state index in [2.05, 4.69) is 5.32 Å². The second-order valence-electron chi connectivity index (χ2n) is 8.31. The Labute approximate surface area is 196 Å². The predicted molar refractivity (Wildman–Crippen MR) is 122 cm³/mol. The number of carbonyl (C=O) groups is 1. The summed E-state index contributed by atoms with van der Waals surface area (Å²) in [5, 5.41) is 2.80. The molecule has 0 aliphatic carbocycles. The second kappa shape index (κ2) is 9.15. The van der Waals surface area contributed by atoms with Gasteiger partial charge in [0.15, 0.2) is 17.1 Å². The van der Waals surface area contributed by atoms with Crippen LogP contribution in [-0.2, 0) is 21.4 Å². The molecule has 0 bridgehead atoms. The van der Waals surface area contributed by atoms with Crippen LogP contribution < -0.4 is 20.5 Å². The van der Waals surface area contributed by atoms with Gasteiger partial charge in [-0.25, -0.2) is 13.2 Å². The summed E-state index contributed by atoms with van der Waals surface area (Å²) in [6.07, 6.45) is 1.41. The third kappa shape index (κ3) is 4.40. The molecule has 2 aliphatic heterocycles. The molecule has 2 aromatic carbocycles. The first-order chi connectivity index (χ1) is 16.4. The van der Waals surface area contributed by atoms with Gasteiger partial charge in [0, 0.05) is 32.1 Å². The molecule has 3 aromatic rings. The SMILES string of the molecule is O=C(CCn1c(=O)oc2cc(S(=O)(=O)N3CCCC3)ccc21)NCC1COc2ccccc2O1. The van der Waals surface area contributed by atoms with Crippen LogP contribution in [0.2, 0.25) is 0 Å². The number of benzene rings is 2. The van der Waals surface area contributed by atoms with Crippen molar-refractivity contribution in [3.8, 4) is 11.5 Å². The Morgan fingerprint density at radius 1 is 1.09 bits per heavy atom. The van der Waals surface area contributed by atoms with Gasteiger partial charge >= 0.3 is 5.76 Å². The van der Waals surface area contributed by atoms with Crippen LogP contribution in [0.3, 0.4) is 0 Å². The van der Waals surface area contributed by atoms with Crippen molar-refractivity contribution in [3.05, 3.63) is 53.0 Å². The van der Waals surface area contributed by atoms with Crippen molar-refractivity contribution in [2.24, 2.45) is 0 Å². The molecule has 1 amide bonds. The molecule has 1 fully saturated rings. The van der Waals surface area contributed by atoms with E-state index in [1.165, 1.54) is 21.0 Å². The second-order valence-corrected chi connectivity index (χ2v) is 10.2. The largest absolute Gasteiger partial charge is 0.486 e. The number of fused-ring (bicyclic) bond motifs is 2. The summed E-state index contributed by atoms with van der Waals surface area (Å²) in [6, 6.07) is 11.7. The van der Waals surface area contributed by atoms with Gasteiger partial charge in [-0.2, -0.15) is 4.31 Å². The third-order valence-electron chi connectivity index (χ3n) is 6.00. The minimum atomic E-state index is -3.62. The number of nitrogens with one attached hydrogen (secondary N) is 1. The zero-order valence-corrected chi connectivity index (χ0v) is 19.3. The summed E-state index contributed by atoms with van der Waals surface area (Å²) < 4.78 is 45.1. The molecule has 0 spiro atoms. The number of oxazole rings is 1. The number of aromatic nitrogens is 1. The van der Waals surface area contributed by atoms with Crippen molar-refractivity contribution in [3.63, 3.8) is 0 Å². The molecule has 5 rings (SSSR count). The maximum absolute atomic E-state index is 12.8. The van der Waals surface area contributed by atoms with Crippen molar-refractivity contribution in [1.82, 2.24) is 14.2 Å². The fourth-order valence-electron chi connectivity index (χ4n) is 4.19. The highest BCUT2D eigenvalue weighted by Gasteiger charge is 2.28. The van der Waals surface area contributed by atoms with Gasteiger partial charge in [0.05, 0.1) is 17.0 Å². The number of ether oxygens (including phenoxy) is 2. The third-order valence-corrected chi connectivity index (χ3v) is 7.89. The molecule has 180 valence electrons. The molecule has 1 saturated heterocycles. The first-order valence-electron chi connectivity index (χ1n) is 11.2. The van der Waals surface area contributed by atoms with Gasteiger partial charge in [-0.3, -0.25) is 9.36 Å². The average molecular weight is 488 g/mol. The molecule has 10 nitrogen and oxygen atoms in total. The molecule has 3 heterocycles. The van der Waals surface area contributed by atoms with E-state index in [-0.39, 0.29) is 42.0 Å². The molecule has 1 unspecified atom stereocenters. The van der Waals surface area contributed by atoms with Gasteiger partial charge in [-0.1, -0.05) is 12.1 Å². The molecular weight excluding hydrogens is 462 g/mol. The number of rotatable bonds is 7. The zero-order chi connectivity index (χ0) is 23.7. The highest BCUT2D eigenvalue weighted by atomic mass is 32.2. The summed E-state index contributed by atoms with van der Waals surface area (Å²) in [7, 11) is -3.62. The lowest BCUT2D eigenvalue weighted by molar-refractivity contribution is -0.121. The van der Waals surface area contributed by atoms with E-state index in [9.17, 15) is 18.0 Å². The quantitative estimate of drug-likeness (QED) is 0.539. The Morgan fingerprint density at radius 2 is 1.85 bits per heavy atom. The molecule has 1 N–H and O–H groups in total. The van der Waals surface area contributed by atoms with Crippen molar-refractivity contribution >= 4 is 27.0 Å². The predicted octanol–water partition coefficient (Wildman–Crippen LogP) is 1.73. The lowest BCUT2D eigenvalue weighted by Crippen LogP contribution is -2.41. The smallest absolute Gasteiger partial charge is 0.419 e. The minimum absolute atomic E-state index is 0.0481. The van der Waals surface area contributed by atoms with E-state index in [0.29, 0.717) is 36.7 Å². The van der Waals surface area contributed by atoms with Crippen LogP contribution in [0.4, 0.5) is 0 Å². The van der Waals surface area contributed by atoms with Gasteiger partial charge in [-0.05, 0) is 37.1 Å². The lowest BCUT2D eigenvalue weighted by atomic mass is 10.2. The first kappa shape index (κ1) is 22.5. The van der Waals surface area contributed by atoms with Crippen LogP contribution in [0.1, 0.15) is 19.3 Å². The van der Waals surface area contributed by atoms with E-state index in [4.69, 9.17) is 13.9 Å². The van der Waals surface area contributed by atoms with E-state index < -0.39 is 15.8 Å². The maximum atomic E-state index is 12.8. The Kier molecular flexibility index (Phi) is 6.05. The van der Waals surface area contributed by atoms with E-state index in [1.54, 1.807) is 6.07 Å². The Morgan fingerprint density at radius 3 is 2.65 bits per heavy atom. The summed E-state index contributed by atoms with van der Waals surface area (Å²) in [6.45, 7) is 1.68. The number of aryl methyl sites for hydroxylation is 1. The van der Waals surface area contributed by atoms with Crippen molar-refractivity contribution in [1.29, 1.82) is 0 Å². The first-order valence-corrected chi connectivity index (χ1v) is 12.6. The van der Waals surface area contributed by atoms with Crippen LogP contribution in [0.5, 0.6) is 11.5 Å². The summed E-state index contributed by atoms with van der Waals surface area (Å²) in [4.78, 5) is 24.8. The number of hydrogen-bond donors (Lipinski definition) is 1. The normalized spacial score (nSPS) is 18.3. The van der Waals surface area contributed by atoms with Crippen LogP contribution in [0.15, 0.2) is 56.6 Å². The Hall–Kier alpha value is -3.31. The van der Waals surface area contributed by atoms with Crippen molar-refractivity contribution < 1.29 is 27.1 Å². The van der Waals surface area contributed by atoms with Crippen molar-refractivity contribution in [2.75, 3.05) is 26.2 Å². The van der Waals surface area contributed by atoms with Gasteiger partial charge in [-0.15, -0.1) is 0 Å². The topological polar surface area (TPSA) is 120 Å². The molecule has 2 aliphatic rings. The zero-order valence-electron chi connectivity index (χ0n) is 18.4. The van der Waals surface area contributed by atoms with Gasteiger partial charge < -0.3 is 19.2 Å². The Balaban J connectivity index is 1.21. The minimum Gasteiger partial charge on any atom is -0.486 e. The van der Waals surface area contributed by atoms with Gasteiger partial charge in [0.1, 0.15) is 12.7 Å². The highest BCUT2D eigenvalue weighted by molar-refractivity contribution is 7.89. The Bertz CT molecular complexity index is 1370. The van der Waals surface area contributed by atoms with E-state index >= 15 is 0 Å².